The van der Waals surface area contributed by atoms with Crippen molar-refractivity contribution >= 4 is 15.9 Å². The fourth-order valence-corrected chi connectivity index (χ4v) is 4.73. The van der Waals surface area contributed by atoms with Gasteiger partial charge in [-0.2, -0.15) is 0 Å². The fourth-order valence-electron chi connectivity index (χ4n) is 3.28. The van der Waals surface area contributed by atoms with Crippen LogP contribution in [0.1, 0.15) is 37.0 Å². The number of benzene rings is 1. The van der Waals surface area contributed by atoms with E-state index in [2.05, 4.69) is 10.0 Å². The maximum Gasteiger partial charge on any atom is 0.253 e. The number of hydrogen-bond donors (Lipinski definition) is 2. The molecule has 0 saturated carbocycles. The molecule has 8 heteroatoms. The van der Waals surface area contributed by atoms with Gasteiger partial charge in [0, 0.05) is 24.7 Å². The van der Waals surface area contributed by atoms with Gasteiger partial charge >= 0.3 is 0 Å². The lowest BCUT2D eigenvalue weighted by atomic mass is 9.97. The van der Waals surface area contributed by atoms with Gasteiger partial charge in [-0.3, -0.25) is 4.79 Å². The van der Waals surface area contributed by atoms with Crippen LogP contribution in [0.2, 0.25) is 0 Å². The first-order valence-electron chi connectivity index (χ1n) is 8.92. The van der Waals surface area contributed by atoms with Gasteiger partial charge in [-0.15, -0.1) is 0 Å². The third kappa shape index (κ3) is 4.96. The van der Waals surface area contributed by atoms with Crippen LogP contribution in [0.25, 0.3) is 0 Å². The maximum atomic E-state index is 12.9. The van der Waals surface area contributed by atoms with Crippen molar-refractivity contribution < 1.29 is 17.9 Å². The molecule has 2 rings (SSSR count). The van der Waals surface area contributed by atoms with Gasteiger partial charge in [0.25, 0.3) is 5.91 Å². The van der Waals surface area contributed by atoms with Crippen molar-refractivity contribution in [3.8, 4) is 5.75 Å². The Morgan fingerprint density at radius 3 is 2.73 bits per heavy atom. The quantitative estimate of drug-likeness (QED) is 0.744. The van der Waals surface area contributed by atoms with E-state index in [0.29, 0.717) is 24.6 Å². The SMILES string of the molecule is CNCC1CCCN(C(=O)c2ccc(OC)c(S(=O)(=O)NC(C)C)c2)C1. The zero-order chi connectivity index (χ0) is 19.3. The van der Waals surface area contributed by atoms with E-state index in [0.717, 1.165) is 19.4 Å². The highest BCUT2D eigenvalue weighted by molar-refractivity contribution is 7.89. The molecule has 1 aromatic rings. The third-order valence-electron chi connectivity index (χ3n) is 4.39. The summed E-state index contributed by atoms with van der Waals surface area (Å²) in [5.74, 6) is 0.498. The second-order valence-corrected chi connectivity index (χ2v) is 8.64. The summed E-state index contributed by atoms with van der Waals surface area (Å²) in [5.41, 5.74) is 0.361. The molecule has 7 nitrogen and oxygen atoms in total. The number of rotatable bonds is 7. The molecular formula is C18H29N3O4S. The van der Waals surface area contributed by atoms with Crippen LogP contribution >= 0.6 is 0 Å². The molecule has 1 aliphatic heterocycles. The van der Waals surface area contributed by atoms with Crippen molar-refractivity contribution in [2.24, 2.45) is 5.92 Å². The summed E-state index contributed by atoms with van der Waals surface area (Å²) < 4.78 is 32.9. The van der Waals surface area contributed by atoms with Crippen LogP contribution in [0.4, 0.5) is 0 Å². The highest BCUT2D eigenvalue weighted by atomic mass is 32.2. The van der Waals surface area contributed by atoms with Crippen LogP contribution in [0.15, 0.2) is 23.1 Å². The number of hydrogen-bond acceptors (Lipinski definition) is 5. The molecule has 1 aromatic carbocycles. The van der Waals surface area contributed by atoms with Gasteiger partial charge in [-0.25, -0.2) is 13.1 Å². The number of piperidine rings is 1. The maximum absolute atomic E-state index is 12.9. The number of amides is 1. The summed E-state index contributed by atoms with van der Waals surface area (Å²) in [6.07, 6.45) is 2.04. The smallest absolute Gasteiger partial charge is 0.253 e. The predicted octanol–water partition coefficient (Wildman–Crippen LogP) is 1.45. The minimum absolute atomic E-state index is 0.0108. The Morgan fingerprint density at radius 2 is 2.12 bits per heavy atom. The number of nitrogens with one attached hydrogen (secondary N) is 2. The molecule has 1 atom stereocenters. The van der Waals surface area contributed by atoms with Crippen LogP contribution in [0.5, 0.6) is 5.75 Å². The first-order chi connectivity index (χ1) is 12.3. The Kier molecular flexibility index (Phi) is 7.02. The van der Waals surface area contributed by atoms with E-state index < -0.39 is 10.0 Å². The topological polar surface area (TPSA) is 87.7 Å². The molecular weight excluding hydrogens is 354 g/mol. The summed E-state index contributed by atoms with van der Waals surface area (Å²) >= 11 is 0. The van der Waals surface area contributed by atoms with Crippen molar-refractivity contribution in [1.82, 2.24) is 14.9 Å². The van der Waals surface area contributed by atoms with Crippen LogP contribution in [-0.4, -0.2) is 59.1 Å². The van der Waals surface area contributed by atoms with Crippen LogP contribution in [0.3, 0.4) is 0 Å². The van der Waals surface area contributed by atoms with Crippen molar-refractivity contribution in [2.45, 2.75) is 37.6 Å². The fraction of sp³-hybridized carbons (Fsp3) is 0.611. The van der Waals surface area contributed by atoms with Gasteiger partial charge in [-0.05, 0) is 64.4 Å². The molecule has 0 bridgehead atoms. The average Bonchev–Trinajstić information content (AvgIpc) is 2.60. The molecule has 1 fully saturated rings. The van der Waals surface area contributed by atoms with E-state index in [1.807, 2.05) is 7.05 Å². The molecule has 1 aliphatic rings. The molecule has 0 aliphatic carbocycles. The lowest BCUT2D eigenvalue weighted by Gasteiger charge is -2.33. The standard InChI is InChI=1S/C18H29N3O4S/c1-13(2)20-26(23,24)17-10-15(7-8-16(17)25-4)18(22)21-9-5-6-14(12-21)11-19-3/h7-8,10,13-14,19-20H,5-6,9,11-12H2,1-4H3. The third-order valence-corrected chi connectivity index (χ3v) is 6.07. The van der Waals surface area contributed by atoms with Crippen LogP contribution in [-0.2, 0) is 10.0 Å². The number of sulfonamides is 1. The lowest BCUT2D eigenvalue weighted by Crippen LogP contribution is -2.42. The van der Waals surface area contributed by atoms with E-state index in [9.17, 15) is 13.2 Å². The monoisotopic (exact) mass is 383 g/mol. The summed E-state index contributed by atoms with van der Waals surface area (Å²) in [6.45, 7) is 5.73. The number of carbonyl (C=O) groups is 1. The molecule has 0 radical (unpaired) electrons. The number of ether oxygens (including phenoxy) is 1. The molecule has 2 N–H and O–H groups in total. The highest BCUT2D eigenvalue weighted by Crippen LogP contribution is 2.26. The average molecular weight is 384 g/mol. The normalized spacial score (nSPS) is 18.2. The van der Waals surface area contributed by atoms with Gasteiger partial charge in [0.15, 0.2) is 0 Å². The largest absolute Gasteiger partial charge is 0.495 e. The van der Waals surface area contributed by atoms with Gasteiger partial charge in [0.05, 0.1) is 7.11 Å². The van der Waals surface area contributed by atoms with E-state index in [-0.39, 0.29) is 22.6 Å². The van der Waals surface area contributed by atoms with Crippen molar-refractivity contribution in [2.75, 3.05) is 33.8 Å². The predicted molar refractivity (Wildman–Crippen MR) is 101 cm³/mol. The lowest BCUT2D eigenvalue weighted by molar-refractivity contribution is 0.0674. The Hall–Kier alpha value is -1.64. The minimum atomic E-state index is -3.76. The summed E-state index contributed by atoms with van der Waals surface area (Å²) in [4.78, 5) is 14.7. The molecule has 146 valence electrons. The summed E-state index contributed by atoms with van der Waals surface area (Å²) in [5, 5.41) is 3.16. The number of carbonyl (C=O) groups excluding carboxylic acids is 1. The van der Waals surface area contributed by atoms with Crippen LogP contribution in [0, 0.1) is 5.92 Å². The van der Waals surface area contributed by atoms with E-state index in [1.165, 1.54) is 19.2 Å². The summed E-state index contributed by atoms with van der Waals surface area (Å²) in [6, 6.07) is 4.32. The molecule has 0 aromatic heterocycles. The molecule has 1 heterocycles. The van der Waals surface area contributed by atoms with Crippen molar-refractivity contribution in [3.05, 3.63) is 23.8 Å². The first-order valence-corrected chi connectivity index (χ1v) is 10.4. The van der Waals surface area contributed by atoms with E-state index >= 15 is 0 Å². The number of likely N-dealkylation sites (tertiary alicyclic amines) is 1. The second-order valence-electron chi connectivity index (χ2n) is 6.96. The molecule has 0 spiro atoms. The Morgan fingerprint density at radius 1 is 1.38 bits per heavy atom. The highest BCUT2D eigenvalue weighted by Gasteiger charge is 2.27. The molecule has 1 unspecified atom stereocenters. The zero-order valence-corrected chi connectivity index (χ0v) is 16.7. The molecule has 1 amide bonds. The summed E-state index contributed by atoms with van der Waals surface area (Å²) in [7, 11) is -0.443. The number of methoxy groups -OCH3 is 1. The van der Waals surface area contributed by atoms with Gasteiger partial charge in [-0.1, -0.05) is 0 Å². The van der Waals surface area contributed by atoms with Crippen molar-refractivity contribution in [3.63, 3.8) is 0 Å². The van der Waals surface area contributed by atoms with Gasteiger partial charge in [0.1, 0.15) is 10.6 Å². The van der Waals surface area contributed by atoms with Gasteiger partial charge in [0.2, 0.25) is 10.0 Å². The first kappa shape index (κ1) is 20.7. The minimum Gasteiger partial charge on any atom is -0.495 e. The zero-order valence-electron chi connectivity index (χ0n) is 15.9. The van der Waals surface area contributed by atoms with Crippen LogP contribution < -0.4 is 14.8 Å². The number of nitrogens with zero attached hydrogens (tertiary/aromatic N) is 1. The van der Waals surface area contributed by atoms with Crippen molar-refractivity contribution in [1.29, 1.82) is 0 Å². The molecule has 26 heavy (non-hydrogen) atoms. The Balaban J connectivity index is 2.30. The van der Waals surface area contributed by atoms with E-state index in [1.54, 1.807) is 24.8 Å². The van der Waals surface area contributed by atoms with Gasteiger partial charge < -0.3 is 15.0 Å². The Bertz CT molecular complexity index is 732. The second kappa shape index (κ2) is 8.83. The molecule has 1 saturated heterocycles. The Labute approximate surface area is 156 Å². The van der Waals surface area contributed by atoms with E-state index in [4.69, 9.17) is 4.74 Å².